The summed E-state index contributed by atoms with van der Waals surface area (Å²) in [5.41, 5.74) is 2.77. The average Bonchev–Trinajstić information content (AvgIpc) is 3.33. The molecule has 0 radical (unpaired) electrons. The van der Waals surface area contributed by atoms with Gasteiger partial charge in [0.25, 0.3) is 0 Å². The van der Waals surface area contributed by atoms with Gasteiger partial charge in [-0.05, 0) is 66.2 Å². The third-order valence-corrected chi connectivity index (χ3v) is 8.09. The Morgan fingerprint density at radius 3 is 2.18 bits per heavy atom. The van der Waals surface area contributed by atoms with Crippen LogP contribution in [-0.2, 0) is 11.3 Å². The van der Waals surface area contributed by atoms with Gasteiger partial charge in [-0.3, -0.25) is 9.36 Å². The summed E-state index contributed by atoms with van der Waals surface area (Å²) in [7, 11) is 0. The monoisotopic (exact) mass is 576 g/mol. The maximum absolute atomic E-state index is 13.0. The first-order valence-corrected chi connectivity index (χ1v) is 14.3. The summed E-state index contributed by atoms with van der Waals surface area (Å²) in [6.45, 7) is 0.580. The van der Waals surface area contributed by atoms with E-state index in [4.69, 9.17) is 23.2 Å². The molecule has 1 amide bonds. The van der Waals surface area contributed by atoms with Gasteiger partial charge in [-0.2, -0.15) is 0 Å². The molecule has 1 heterocycles. The number of halogens is 2. The fraction of sp³-hybridized carbons (Fsp3) is 0.0690. The summed E-state index contributed by atoms with van der Waals surface area (Å²) < 4.78 is 2.03. The number of nitrogens with zero attached hydrogens (tertiary/aromatic N) is 3. The van der Waals surface area contributed by atoms with Crippen molar-refractivity contribution in [2.24, 2.45) is 0 Å². The zero-order chi connectivity index (χ0) is 26.3. The number of benzene rings is 4. The normalized spacial score (nSPS) is 10.9. The van der Waals surface area contributed by atoms with Crippen molar-refractivity contribution >= 4 is 58.3 Å². The van der Waals surface area contributed by atoms with Crippen LogP contribution in [0.2, 0.25) is 10.0 Å². The number of nitrogens with one attached hydrogen (secondary N) is 1. The van der Waals surface area contributed by atoms with Gasteiger partial charge in [0.05, 0.1) is 18.0 Å². The second kappa shape index (κ2) is 12.5. The van der Waals surface area contributed by atoms with Crippen molar-refractivity contribution in [3.63, 3.8) is 0 Å². The fourth-order valence-corrected chi connectivity index (χ4v) is 5.61. The van der Waals surface area contributed by atoms with E-state index < -0.39 is 0 Å². The van der Waals surface area contributed by atoms with Crippen LogP contribution in [0.1, 0.15) is 5.56 Å². The van der Waals surface area contributed by atoms with Gasteiger partial charge in [-0.25, -0.2) is 0 Å². The number of hydrogen-bond acceptors (Lipinski definition) is 5. The van der Waals surface area contributed by atoms with E-state index in [9.17, 15) is 4.79 Å². The first-order valence-electron chi connectivity index (χ1n) is 11.7. The minimum Gasteiger partial charge on any atom is -0.324 e. The zero-order valence-corrected chi connectivity index (χ0v) is 23.2. The topological polar surface area (TPSA) is 59.8 Å². The molecule has 0 unspecified atom stereocenters. The molecule has 1 N–H and O–H groups in total. The second-order valence-electron chi connectivity index (χ2n) is 8.27. The van der Waals surface area contributed by atoms with Crippen molar-refractivity contribution in [2.45, 2.75) is 21.5 Å². The molecule has 0 bridgehead atoms. The summed E-state index contributed by atoms with van der Waals surface area (Å²) in [5, 5.41) is 13.9. The highest BCUT2D eigenvalue weighted by Crippen LogP contribution is 2.34. The maximum atomic E-state index is 13.0. The predicted molar refractivity (Wildman–Crippen MR) is 157 cm³/mol. The molecular weight excluding hydrogens is 555 g/mol. The van der Waals surface area contributed by atoms with Crippen LogP contribution in [-0.4, -0.2) is 26.4 Å². The molecule has 5 rings (SSSR count). The summed E-state index contributed by atoms with van der Waals surface area (Å²) in [6.07, 6.45) is 0. The lowest BCUT2D eigenvalue weighted by Crippen LogP contribution is -2.15. The minimum absolute atomic E-state index is 0.124. The lowest BCUT2D eigenvalue weighted by Gasteiger charge is -2.12. The predicted octanol–water partition coefficient (Wildman–Crippen LogP) is 8.18. The van der Waals surface area contributed by atoms with Crippen LogP contribution in [0.3, 0.4) is 0 Å². The quantitative estimate of drug-likeness (QED) is 0.179. The zero-order valence-electron chi connectivity index (χ0n) is 20.1. The van der Waals surface area contributed by atoms with Crippen molar-refractivity contribution in [1.29, 1.82) is 0 Å². The lowest BCUT2D eigenvalue weighted by molar-refractivity contribution is -0.113. The Labute approximate surface area is 239 Å². The molecule has 4 aromatic carbocycles. The Morgan fingerprint density at radius 1 is 0.789 bits per heavy atom. The molecule has 1 aromatic heterocycles. The molecule has 5 aromatic rings. The molecule has 9 heteroatoms. The third-order valence-electron chi connectivity index (χ3n) is 5.54. The molecule has 0 spiro atoms. The van der Waals surface area contributed by atoms with E-state index in [2.05, 4.69) is 27.6 Å². The highest BCUT2D eigenvalue weighted by atomic mass is 35.5. The first-order chi connectivity index (χ1) is 18.5. The minimum atomic E-state index is -0.124. The van der Waals surface area contributed by atoms with E-state index in [1.54, 1.807) is 11.8 Å². The molecule has 0 aliphatic carbocycles. The number of anilines is 1. The summed E-state index contributed by atoms with van der Waals surface area (Å²) >= 11 is 15.0. The highest BCUT2D eigenvalue weighted by molar-refractivity contribution is 8.00. The molecule has 0 saturated heterocycles. The summed E-state index contributed by atoms with van der Waals surface area (Å²) in [4.78, 5) is 15.0. The molecule has 0 atom stereocenters. The number of amides is 1. The smallest absolute Gasteiger partial charge is 0.234 e. The molecule has 0 aliphatic rings. The number of carbonyl (C=O) groups excluding carboxylic acids is 1. The Balaban J connectivity index is 1.31. The van der Waals surface area contributed by atoms with Gasteiger partial charge in [0, 0.05) is 25.4 Å². The molecule has 0 fully saturated rings. The van der Waals surface area contributed by atoms with E-state index >= 15 is 0 Å². The molecule has 5 nitrogen and oxygen atoms in total. The van der Waals surface area contributed by atoms with Crippen LogP contribution in [0, 0.1) is 0 Å². The van der Waals surface area contributed by atoms with Gasteiger partial charge >= 0.3 is 0 Å². The van der Waals surface area contributed by atoms with E-state index in [1.165, 1.54) is 11.8 Å². The van der Waals surface area contributed by atoms with E-state index in [1.807, 2.05) is 95.6 Å². The van der Waals surface area contributed by atoms with Crippen molar-refractivity contribution in [1.82, 2.24) is 14.8 Å². The third kappa shape index (κ3) is 6.79. The Bertz CT molecular complexity index is 1530. The van der Waals surface area contributed by atoms with E-state index in [-0.39, 0.29) is 11.7 Å². The average molecular weight is 578 g/mol. The second-order valence-corrected chi connectivity index (χ2v) is 11.2. The van der Waals surface area contributed by atoms with Crippen LogP contribution in [0.25, 0.3) is 11.4 Å². The molecule has 190 valence electrons. The standard InChI is InChI=1S/C29H22Cl2N4OS2/c30-22-12-10-21(11-13-22)28-33-34-29(35(28)18-20-6-2-1-3-7-20)37-19-27(36)32-25-8-4-5-9-26(25)38-24-16-14-23(31)15-17-24/h1-17H,18-19H2,(H,32,36). The number of para-hydroxylation sites is 1. The fourth-order valence-electron chi connectivity index (χ4n) is 3.72. The van der Waals surface area contributed by atoms with Crippen LogP contribution < -0.4 is 5.32 Å². The van der Waals surface area contributed by atoms with Gasteiger partial charge < -0.3 is 5.32 Å². The molecular formula is C29H22Cl2N4OS2. The number of hydrogen-bond donors (Lipinski definition) is 1. The highest BCUT2D eigenvalue weighted by Gasteiger charge is 2.17. The van der Waals surface area contributed by atoms with Crippen LogP contribution in [0.15, 0.2) is 118 Å². The van der Waals surface area contributed by atoms with Crippen molar-refractivity contribution < 1.29 is 4.79 Å². The van der Waals surface area contributed by atoms with Gasteiger partial charge in [0.2, 0.25) is 5.91 Å². The molecule has 0 aliphatic heterocycles. The van der Waals surface area contributed by atoms with E-state index in [0.29, 0.717) is 21.7 Å². The number of aromatic nitrogens is 3. The molecule has 0 saturated carbocycles. The van der Waals surface area contributed by atoms with Crippen molar-refractivity contribution in [3.8, 4) is 11.4 Å². The van der Waals surface area contributed by atoms with E-state index in [0.717, 1.165) is 32.4 Å². The van der Waals surface area contributed by atoms with Crippen LogP contribution in [0.4, 0.5) is 5.69 Å². The number of rotatable bonds is 9. The first kappa shape index (κ1) is 26.4. The van der Waals surface area contributed by atoms with Gasteiger partial charge in [-0.1, -0.05) is 89.2 Å². The summed E-state index contributed by atoms with van der Waals surface area (Å²) in [5.74, 6) is 0.785. The largest absolute Gasteiger partial charge is 0.324 e. The lowest BCUT2D eigenvalue weighted by atomic mass is 10.2. The van der Waals surface area contributed by atoms with Gasteiger partial charge in [-0.15, -0.1) is 10.2 Å². The number of thioether (sulfide) groups is 1. The van der Waals surface area contributed by atoms with Gasteiger partial charge in [0.1, 0.15) is 0 Å². The maximum Gasteiger partial charge on any atom is 0.234 e. The Kier molecular flexibility index (Phi) is 8.71. The molecule has 38 heavy (non-hydrogen) atoms. The van der Waals surface area contributed by atoms with Crippen molar-refractivity contribution in [3.05, 3.63) is 119 Å². The van der Waals surface area contributed by atoms with Crippen molar-refractivity contribution in [2.75, 3.05) is 11.1 Å². The summed E-state index contributed by atoms with van der Waals surface area (Å²) in [6, 6.07) is 33.0. The van der Waals surface area contributed by atoms with Crippen LogP contribution in [0.5, 0.6) is 0 Å². The SMILES string of the molecule is O=C(CSc1nnc(-c2ccc(Cl)cc2)n1Cc1ccccc1)Nc1ccccc1Sc1ccc(Cl)cc1. The number of carbonyl (C=O) groups is 1. The Hall–Kier alpha value is -3.23. The Morgan fingerprint density at radius 2 is 1.45 bits per heavy atom. The van der Waals surface area contributed by atoms with Gasteiger partial charge in [0.15, 0.2) is 11.0 Å². The van der Waals surface area contributed by atoms with Crippen LogP contribution >= 0.6 is 46.7 Å².